The SMILES string of the molecule is COc1ccc(CC(O)CN2CCN(C(=O)C=Cc3cc(OC)c(OC)c(OC)c3)CC2)cc1OC. The molecular formula is C27H36N2O7. The molecule has 3 rings (SSSR count). The monoisotopic (exact) mass is 500 g/mol. The van der Waals surface area contributed by atoms with Crippen LogP contribution in [0.15, 0.2) is 36.4 Å². The van der Waals surface area contributed by atoms with Crippen molar-refractivity contribution in [1.29, 1.82) is 0 Å². The first-order valence-electron chi connectivity index (χ1n) is 11.8. The van der Waals surface area contributed by atoms with E-state index in [1.54, 1.807) is 59.8 Å². The minimum atomic E-state index is -0.523. The molecule has 0 saturated carbocycles. The molecule has 1 aliphatic rings. The van der Waals surface area contributed by atoms with E-state index in [4.69, 9.17) is 23.7 Å². The van der Waals surface area contributed by atoms with Crippen LogP contribution >= 0.6 is 0 Å². The van der Waals surface area contributed by atoms with Gasteiger partial charge in [0.05, 0.1) is 41.7 Å². The minimum absolute atomic E-state index is 0.0609. The first kappa shape index (κ1) is 27.2. The Kier molecular flexibility index (Phi) is 9.84. The third kappa shape index (κ3) is 6.83. The van der Waals surface area contributed by atoms with Crippen LogP contribution in [-0.2, 0) is 11.2 Å². The maximum atomic E-state index is 12.7. The van der Waals surface area contributed by atoms with Crippen LogP contribution in [0, 0.1) is 0 Å². The van der Waals surface area contributed by atoms with Gasteiger partial charge in [0.1, 0.15) is 0 Å². The number of β-amino-alcohol motifs (C(OH)–C–C–N with tert-alkyl or cyclic N) is 1. The molecular weight excluding hydrogens is 464 g/mol. The van der Waals surface area contributed by atoms with Crippen LogP contribution in [0.5, 0.6) is 28.7 Å². The first-order chi connectivity index (χ1) is 17.4. The van der Waals surface area contributed by atoms with Crippen LogP contribution in [0.1, 0.15) is 11.1 Å². The normalized spacial score (nSPS) is 15.0. The summed E-state index contributed by atoms with van der Waals surface area (Å²) in [6.45, 7) is 3.14. The lowest BCUT2D eigenvalue weighted by atomic mass is 10.1. The number of nitrogens with zero attached hydrogens (tertiary/aromatic N) is 2. The van der Waals surface area contributed by atoms with Crippen LogP contribution in [0.3, 0.4) is 0 Å². The van der Waals surface area contributed by atoms with Crippen molar-refractivity contribution in [3.63, 3.8) is 0 Å². The summed E-state index contributed by atoms with van der Waals surface area (Å²) >= 11 is 0. The van der Waals surface area contributed by atoms with Crippen LogP contribution in [0.25, 0.3) is 6.08 Å². The topological polar surface area (TPSA) is 89.9 Å². The van der Waals surface area contributed by atoms with Crippen molar-refractivity contribution in [1.82, 2.24) is 9.80 Å². The molecule has 36 heavy (non-hydrogen) atoms. The second kappa shape index (κ2) is 13.0. The predicted molar refractivity (Wildman–Crippen MR) is 137 cm³/mol. The Morgan fingerprint density at radius 3 is 2.03 bits per heavy atom. The number of amides is 1. The molecule has 1 aliphatic heterocycles. The fourth-order valence-electron chi connectivity index (χ4n) is 4.26. The summed E-state index contributed by atoms with van der Waals surface area (Å²) in [6.07, 6.45) is 3.29. The highest BCUT2D eigenvalue weighted by Crippen LogP contribution is 2.38. The zero-order valence-corrected chi connectivity index (χ0v) is 21.7. The number of hydrogen-bond acceptors (Lipinski definition) is 8. The highest BCUT2D eigenvalue weighted by Gasteiger charge is 2.22. The Bertz CT molecular complexity index is 1020. The fourth-order valence-corrected chi connectivity index (χ4v) is 4.26. The molecule has 1 heterocycles. The van der Waals surface area contributed by atoms with Crippen molar-refractivity contribution in [2.75, 3.05) is 68.3 Å². The van der Waals surface area contributed by atoms with Gasteiger partial charge in [0.2, 0.25) is 11.7 Å². The number of carbonyl (C=O) groups is 1. The maximum Gasteiger partial charge on any atom is 0.246 e. The predicted octanol–water partition coefficient (Wildman–Crippen LogP) is 2.49. The molecule has 1 unspecified atom stereocenters. The molecule has 0 radical (unpaired) electrons. The molecule has 0 aliphatic carbocycles. The number of methoxy groups -OCH3 is 5. The van der Waals surface area contributed by atoms with Gasteiger partial charge >= 0.3 is 0 Å². The summed E-state index contributed by atoms with van der Waals surface area (Å²) in [7, 11) is 7.85. The van der Waals surface area contributed by atoms with Crippen LogP contribution in [0.2, 0.25) is 0 Å². The molecule has 0 aromatic heterocycles. The third-order valence-corrected chi connectivity index (χ3v) is 6.18. The van der Waals surface area contributed by atoms with Crippen LogP contribution in [0.4, 0.5) is 0 Å². The largest absolute Gasteiger partial charge is 0.493 e. The van der Waals surface area contributed by atoms with Gasteiger partial charge in [-0.15, -0.1) is 0 Å². The number of ether oxygens (including phenoxy) is 5. The number of hydrogen-bond donors (Lipinski definition) is 1. The summed E-state index contributed by atoms with van der Waals surface area (Å²) in [6, 6.07) is 9.25. The average molecular weight is 501 g/mol. The average Bonchev–Trinajstić information content (AvgIpc) is 2.91. The van der Waals surface area contributed by atoms with Crippen molar-refractivity contribution in [2.45, 2.75) is 12.5 Å². The van der Waals surface area contributed by atoms with Gasteiger partial charge in [-0.1, -0.05) is 6.07 Å². The van der Waals surface area contributed by atoms with Gasteiger partial charge in [-0.3, -0.25) is 9.69 Å². The fraction of sp³-hybridized carbons (Fsp3) is 0.444. The highest BCUT2D eigenvalue weighted by molar-refractivity contribution is 5.92. The van der Waals surface area contributed by atoms with E-state index in [2.05, 4.69) is 4.90 Å². The van der Waals surface area contributed by atoms with Crippen molar-refractivity contribution in [2.24, 2.45) is 0 Å². The standard InChI is InChI=1S/C27H36N2O7/c1-32-22-8-6-19(15-23(22)33-2)14-21(30)18-28-10-12-29(13-11-28)26(31)9-7-20-16-24(34-3)27(36-5)25(17-20)35-4/h6-9,15-17,21,30H,10-14,18H2,1-5H3. The summed E-state index contributed by atoms with van der Waals surface area (Å²) in [4.78, 5) is 16.7. The van der Waals surface area contributed by atoms with E-state index in [9.17, 15) is 9.90 Å². The Morgan fingerprint density at radius 1 is 0.861 bits per heavy atom. The second-order valence-corrected chi connectivity index (χ2v) is 8.47. The number of rotatable bonds is 11. The van der Waals surface area contributed by atoms with E-state index in [1.165, 1.54) is 0 Å². The van der Waals surface area contributed by atoms with Crippen molar-refractivity contribution in [3.8, 4) is 28.7 Å². The highest BCUT2D eigenvalue weighted by atomic mass is 16.5. The van der Waals surface area contributed by atoms with Crippen molar-refractivity contribution in [3.05, 3.63) is 47.5 Å². The van der Waals surface area contributed by atoms with E-state index in [1.807, 2.05) is 23.1 Å². The Labute approximate surface area is 212 Å². The molecule has 0 spiro atoms. The quantitative estimate of drug-likeness (QED) is 0.471. The van der Waals surface area contributed by atoms with Gasteiger partial charge in [0.15, 0.2) is 23.0 Å². The Balaban J connectivity index is 1.51. The van der Waals surface area contributed by atoms with Gasteiger partial charge in [0, 0.05) is 38.8 Å². The zero-order valence-electron chi connectivity index (χ0n) is 21.7. The number of benzene rings is 2. The second-order valence-electron chi connectivity index (χ2n) is 8.47. The van der Waals surface area contributed by atoms with Gasteiger partial charge in [-0.05, 0) is 47.9 Å². The molecule has 9 heteroatoms. The van der Waals surface area contributed by atoms with Crippen molar-refractivity contribution >= 4 is 12.0 Å². The molecule has 2 aromatic rings. The van der Waals surface area contributed by atoms with Crippen molar-refractivity contribution < 1.29 is 33.6 Å². The van der Waals surface area contributed by atoms with Gasteiger partial charge in [0.25, 0.3) is 0 Å². The molecule has 0 bridgehead atoms. The van der Waals surface area contributed by atoms with Gasteiger partial charge in [-0.2, -0.15) is 0 Å². The number of piperazine rings is 1. The number of carbonyl (C=O) groups excluding carboxylic acids is 1. The molecule has 1 atom stereocenters. The molecule has 1 amide bonds. The van der Waals surface area contributed by atoms with Gasteiger partial charge < -0.3 is 33.7 Å². The van der Waals surface area contributed by atoms with E-state index in [-0.39, 0.29) is 5.91 Å². The minimum Gasteiger partial charge on any atom is -0.493 e. The van der Waals surface area contributed by atoms with Crippen LogP contribution in [-0.4, -0.2) is 95.2 Å². The molecule has 9 nitrogen and oxygen atoms in total. The molecule has 1 saturated heterocycles. The smallest absolute Gasteiger partial charge is 0.246 e. The summed E-state index contributed by atoms with van der Waals surface area (Å²) in [5, 5.41) is 10.6. The lowest BCUT2D eigenvalue weighted by Crippen LogP contribution is -2.50. The van der Waals surface area contributed by atoms with E-state index in [0.29, 0.717) is 67.9 Å². The lowest BCUT2D eigenvalue weighted by Gasteiger charge is -2.35. The number of aliphatic hydroxyl groups excluding tert-OH is 1. The Hall–Kier alpha value is -3.43. The van der Waals surface area contributed by atoms with Crippen LogP contribution < -0.4 is 23.7 Å². The third-order valence-electron chi connectivity index (χ3n) is 6.18. The molecule has 1 N–H and O–H groups in total. The molecule has 2 aromatic carbocycles. The Morgan fingerprint density at radius 2 is 1.47 bits per heavy atom. The van der Waals surface area contributed by atoms with E-state index >= 15 is 0 Å². The molecule has 1 fully saturated rings. The lowest BCUT2D eigenvalue weighted by molar-refractivity contribution is -0.127. The first-order valence-corrected chi connectivity index (χ1v) is 11.8. The summed E-state index contributed by atoms with van der Waals surface area (Å²) in [5.74, 6) is 2.82. The summed E-state index contributed by atoms with van der Waals surface area (Å²) < 4.78 is 26.7. The number of aliphatic hydroxyl groups is 1. The van der Waals surface area contributed by atoms with E-state index < -0.39 is 6.10 Å². The maximum absolute atomic E-state index is 12.7. The molecule has 196 valence electrons. The van der Waals surface area contributed by atoms with Gasteiger partial charge in [-0.25, -0.2) is 0 Å². The zero-order chi connectivity index (χ0) is 26.1. The summed E-state index contributed by atoms with van der Waals surface area (Å²) in [5.41, 5.74) is 1.75. The van der Waals surface area contributed by atoms with E-state index in [0.717, 1.165) is 11.1 Å².